The van der Waals surface area contributed by atoms with E-state index in [-0.39, 0.29) is 0 Å². The van der Waals surface area contributed by atoms with Crippen LogP contribution in [0.4, 0.5) is 5.69 Å². The fourth-order valence-electron chi connectivity index (χ4n) is 1.57. The van der Waals surface area contributed by atoms with Crippen LogP contribution in [-0.4, -0.2) is 16.6 Å². The second-order valence-electron chi connectivity index (χ2n) is 3.60. The summed E-state index contributed by atoms with van der Waals surface area (Å²) < 4.78 is 5.17. The van der Waals surface area contributed by atoms with Gasteiger partial charge >= 0.3 is 6.01 Å². The lowest BCUT2D eigenvalue weighted by atomic mass is 10.0. The summed E-state index contributed by atoms with van der Waals surface area (Å²) in [6.07, 6.45) is 3.26. The summed E-state index contributed by atoms with van der Waals surface area (Å²) in [4.78, 5) is 8.14. The number of nitriles is 1. The van der Waals surface area contributed by atoms with Gasteiger partial charge in [-0.2, -0.15) is 5.26 Å². The van der Waals surface area contributed by atoms with Crippen LogP contribution in [0.25, 0.3) is 11.1 Å². The van der Waals surface area contributed by atoms with E-state index in [9.17, 15) is 0 Å². The van der Waals surface area contributed by atoms with Gasteiger partial charge in [-0.05, 0) is 19.1 Å². The van der Waals surface area contributed by atoms with Crippen LogP contribution in [-0.2, 0) is 0 Å². The molecule has 18 heavy (non-hydrogen) atoms. The molecule has 5 heteroatoms. The van der Waals surface area contributed by atoms with Crippen molar-refractivity contribution in [1.29, 1.82) is 5.26 Å². The Kier molecular flexibility index (Phi) is 3.39. The molecule has 0 amide bonds. The van der Waals surface area contributed by atoms with Crippen LogP contribution in [0.5, 0.6) is 6.01 Å². The van der Waals surface area contributed by atoms with E-state index in [2.05, 4.69) is 16.0 Å². The zero-order chi connectivity index (χ0) is 13.0. The molecule has 0 unspecified atom stereocenters. The lowest BCUT2D eigenvalue weighted by Gasteiger charge is -2.05. The van der Waals surface area contributed by atoms with Crippen LogP contribution in [0.3, 0.4) is 0 Å². The van der Waals surface area contributed by atoms with Gasteiger partial charge in [0.15, 0.2) is 0 Å². The number of nitrogens with two attached hydrogens (primary N) is 1. The minimum atomic E-state index is 0.329. The molecule has 0 saturated heterocycles. The molecule has 1 heterocycles. The Morgan fingerprint density at radius 1 is 1.33 bits per heavy atom. The molecule has 5 nitrogen and oxygen atoms in total. The van der Waals surface area contributed by atoms with Gasteiger partial charge in [-0.3, -0.25) is 0 Å². The minimum Gasteiger partial charge on any atom is -0.464 e. The van der Waals surface area contributed by atoms with Crippen molar-refractivity contribution in [2.75, 3.05) is 12.3 Å². The van der Waals surface area contributed by atoms with E-state index in [0.29, 0.717) is 23.9 Å². The summed E-state index contributed by atoms with van der Waals surface area (Å²) in [6.45, 7) is 2.38. The standard InChI is InChI=1S/C13H12N4O/c1-2-18-13-16-7-10(8-17-13)12-4-3-11(15)5-9(12)6-14/h3-5,7-8H,2,15H2,1H3. The zero-order valence-electron chi connectivity index (χ0n) is 9.92. The minimum absolute atomic E-state index is 0.329. The fourth-order valence-corrected chi connectivity index (χ4v) is 1.57. The van der Waals surface area contributed by atoms with Crippen molar-refractivity contribution in [2.45, 2.75) is 6.92 Å². The molecular weight excluding hydrogens is 228 g/mol. The van der Waals surface area contributed by atoms with E-state index >= 15 is 0 Å². The Hall–Kier alpha value is -2.61. The molecule has 2 aromatic rings. The van der Waals surface area contributed by atoms with Gasteiger partial charge in [-0.25, -0.2) is 9.97 Å². The monoisotopic (exact) mass is 240 g/mol. The summed E-state index contributed by atoms with van der Waals surface area (Å²) >= 11 is 0. The molecule has 0 bridgehead atoms. The van der Waals surface area contributed by atoms with Crippen molar-refractivity contribution in [2.24, 2.45) is 0 Å². The van der Waals surface area contributed by atoms with Crippen molar-refractivity contribution in [3.05, 3.63) is 36.2 Å². The number of nitrogen functional groups attached to an aromatic ring is 1. The summed E-state index contributed by atoms with van der Waals surface area (Å²) in [6, 6.07) is 7.59. The number of hydrogen-bond acceptors (Lipinski definition) is 5. The molecule has 0 aliphatic rings. The van der Waals surface area contributed by atoms with Crippen molar-refractivity contribution in [1.82, 2.24) is 9.97 Å². The third-order valence-electron chi connectivity index (χ3n) is 2.38. The van der Waals surface area contributed by atoms with Gasteiger partial charge in [0.25, 0.3) is 0 Å². The van der Waals surface area contributed by atoms with Crippen LogP contribution in [0.1, 0.15) is 12.5 Å². The molecule has 0 aliphatic heterocycles. The first-order chi connectivity index (χ1) is 8.74. The van der Waals surface area contributed by atoms with Crippen molar-refractivity contribution in [3.63, 3.8) is 0 Å². The predicted octanol–water partition coefficient (Wildman–Crippen LogP) is 2.00. The number of hydrogen-bond donors (Lipinski definition) is 1. The first kappa shape index (κ1) is 11.9. The van der Waals surface area contributed by atoms with E-state index in [0.717, 1.165) is 11.1 Å². The van der Waals surface area contributed by atoms with Crippen LogP contribution in [0, 0.1) is 11.3 Å². The number of aromatic nitrogens is 2. The third-order valence-corrected chi connectivity index (χ3v) is 2.38. The second-order valence-corrected chi connectivity index (χ2v) is 3.60. The summed E-state index contributed by atoms with van der Waals surface area (Å²) in [5.41, 5.74) is 8.22. The Morgan fingerprint density at radius 3 is 2.67 bits per heavy atom. The largest absolute Gasteiger partial charge is 0.464 e. The van der Waals surface area contributed by atoms with Crippen molar-refractivity contribution >= 4 is 5.69 Å². The highest BCUT2D eigenvalue weighted by molar-refractivity contribution is 5.71. The highest BCUT2D eigenvalue weighted by atomic mass is 16.5. The van der Waals surface area contributed by atoms with Crippen LogP contribution in [0.15, 0.2) is 30.6 Å². The smallest absolute Gasteiger partial charge is 0.316 e. The van der Waals surface area contributed by atoms with E-state index in [1.165, 1.54) is 0 Å². The Morgan fingerprint density at radius 2 is 2.06 bits per heavy atom. The van der Waals surface area contributed by atoms with Crippen LogP contribution >= 0.6 is 0 Å². The number of ether oxygens (including phenoxy) is 1. The molecule has 2 rings (SSSR count). The maximum Gasteiger partial charge on any atom is 0.316 e. The van der Waals surface area contributed by atoms with Crippen molar-refractivity contribution in [3.8, 4) is 23.2 Å². The molecule has 0 aliphatic carbocycles. The topological polar surface area (TPSA) is 84.8 Å². The quantitative estimate of drug-likeness (QED) is 0.829. The van der Waals surface area contributed by atoms with E-state index in [4.69, 9.17) is 15.7 Å². The molecule has 0 radical (unpaired) electrons. The maximum atomic E-state index is 9.07. The van der Waals surface area contributed by atoms with Gasteiger partial charge in [-0.15, -0.1) is 0 Å². The number of anilines is 1. The lowest BCUT2D eigenvalue weighted by Crippen LogP contribution is -1.97. The Bertz CT molecular complexity index is 587. The molecule has 90 valence electrons. The maximum absolute atomic E-state index is 9.07. The van der Waals surface area contributed by atoms with Gasteiger partial charge in [-0.1, -0.05) is 6.07 Å². The second kappa shape index (κ2) is 5.15. The van der Waals surface area contributed by atoms with Crippen molar-refractivity contribution < 1.29 is 4.74 Å². The van der Waals surface area contributed by atoms with Gasteiger partial charge in [0.1, 0.15) is 0 Å². The third kappa shape index (κ3) is 2.38. The summed E-state index contributed by atoms with van der Waals surface area (Å²) in [5.74, 6) is 0. The molecule has 0 fully saturated rings. The van der Waals surface area contributed by atoms with E-state index in [1.54, 1.807) is 30.6 Å². The number of nitrogens with zero attached hydrogens (tertiary/aromatic N) is 3. The highest BCUT2D eigenvalue weighted by Crippen LogP contribution is 2.24. The van der Waals surface area contributed by atoms with Gasteiger partial charge < -0.3 is 10.5 Å². The molecule has 1 aromatic carbocycles. The average molecular weight is 240 g/mol. The Balaban J connectivity index is 2.40. The van der Waals surface area contributed by atoms with Gasteiger partial charge in [0, 0.05) is 29.2 Å². The molecule has 0 spiro atoms. The summed E-state index contributed by atoms with van der Waals surface area (Å²) in [5, 5.41) is 9.07. The Labute approximate surface area is 105 Å². The predicted molar refractivity (Wildman–Crippen MR) is 67.8 cm³/mol. The number of rotatable bonds is 3. The molecule has 1 aromatic heterocycles. The van der Waals surface area contributed by atoms with Gasteiger partial charge in [0.2, 0.25) is 0 Å². The highest BCUT2D eigenvalue weighted by Gasteiger charge is 2.07. The normalized spacial score (nSPS) is 9.78. The zero-order valence-corrected chi connectivity index (χ0v) is 9.92. The average Bonchev–Trinajstić information content (AvgIpc) is 2.40. The van der Waals surface area contributed by atoms with E-state index in [1.807, 2.05) is 6.92 Å². The van der Waals surface area contributed by atoms with E-state index < -0.39 is 0 Å². The molecule has 2 N–H and O–H groups in total. The fraction of sp³-hybridized carbons (Fsp3) is 0.154. The molecule has 0 atom stereocenters. The first-order valence-electron chi connectivity index (χ1n) is 5.49. The SMILES string of the molecule is CCOc1ncc(-c2ccc(N)cc2C#N)cn1. The summed E-state index contributed by atoms with van der Waals surface area (Å²) in [7, 11) is 0. The first-order valence-corrected chi connectivity index (χ1v) is 5.49. The molecule has 0 saturated carbocycles. The molecular formula is C13H12N4O. The number of benzene rings is 1. The van der Waals surface area contributed by atoms with Crippen LogP contribution in [0.2, 0.25) is 0 Å². The van der Waals surface area contributed by atoms with Crippen LogP contribution < -0.4 is 10.5 Å². The lowest BCUT2D eigenvalue weighted by molar-refractivity contribution is 0.312. The van der Waals surface area contributed by atoms with Gasteiger partial charge in [0.05, 0.1) is 18.2 Å².